The Hall–Kier alpha value is -0.830. The van der Waals surface area contributed by atoms with Crippen molar-refractivity contribution >= 4 is 27.5 Å². The number of fused-ring (bicyclic) bond motifs is 2. The van der Waals surface area contributed by atoms with Crippen LogP contribution in [0.5, 0.6) is 0 Å². The van der Waals surface area contributed by atoms with Crippen molar-refractivity contribution in [3.63, 3.8) is 0 Å². The molecule has 2 aliphatic rings. The van der Waals surface area contributed by atoms with Crippen LogP contribution in [0.15, 0.2) is 22.7 Å². The molecule has 16 heavy (non-hydrogen) atoms. The van der Waals surface area contributed by atoms with Gasteiger partial charge in [0.2, 0.25) is 5.91 Å². The van der Waals surface area contributed by atoms with E-state index in [4.69, 9.17) is 0 Å². The van der Waals surface area contributed by atoms with E-state index in [-0.39, 0.29) is 11.3 Å². The minimum absolute atomic E-state index is 0.156. The van der Waals surface area contributed by atoms with Gasteiger partial charge in [0.05, 0.1) is 0 Å². The first-order valence-corrected chi connectivity index (χ1v) is 6.50. The molecule has 84 valence electrons. The predicted octanol–water partition coefficient (Wildman–Crippen LogP) is 3.24. The van der Waals surface area contributed by atoms with Gasteiger partial charge in [0.25, 0.3) is 0 Å². The van der Waals surface area contributed by atoms with Crippen molar-refractivity contribution in [2.45, 2.75) is 31.6 Å². The quantitative estimate of drug-likeness (QED) is 0.714. The van der Waals surface area contributed by atoms with E-state index >= 15 is 0 Å². The number of carbonyl (C=O) groups excluding carboxylic acids is 1. The SMILES string of the molecule is CC(=O)N1CC2(CCC2)c2ccc(Br)cc21. The van der Waals surface area contributed by atoms with Crippen molar-refractivity contribution in [1.29, 1.82) is 0 Å². The summed E-state index contributed by atoms with van der Waals surface area (Å²) in [5.74, 6) is 0.156. The molecule has 1 fully saturated rings. The van der Waals surface area contributed by atoms with E-state index in [1.165, 1.54) is 24.8 Å². The molecule has 0 N–H and O–H groups in total. The Morgan fingerprint density at radius 1 is 1.44 bits per heavy atom. The largest absolute Gasteiger partial charge is 0.311 e. The third-order valence-electron chi connectivity index (χ3n) is 3.97. The highest BCUT2D eigenvalue weighted by molar-refractivity contribution is 9.10. The maximum atomic E-state index is 11.7. The maximum absolute atomic E-state index is 11.7. The number of amides is 1. The first-order chi connectivity index (χ1) is 7.62. The molecule has 1 heterocycles. The van der Waals surface area contributed by atoms with E-state index in [1.807, 2.05) is 4.90 Å². The van der Waals surface area contributed by atoms with Crippen LogP contribution in [0.2, 0.25) is 0 Å². The van der Waals surface area contributed by atoms with Crippen molar-refractivity contribution in [1.82, 2.24) is 0 Å². The zero-order valence-electron chi connectivity index (χ0n) is 9.29. The van der Waals surface area contributed by atoms with Gasteiger partial charge in [-0.15, -0.1) is 0 Å². The van der Waals surface area contributed by atoms with E-state index in [0.29, 0.717) is 0 Å². The summed E-state index contributed by atoms with van der Waals surface area (Å²) in [6, 6.07) is 6.34. The second-order valence-corrected chi connectivity index (χ2v) is 5.82. The minimum atomic E-state index is 0.156. The van der Waals surface area contributed by atoms with Crippen LogP contribution in [0.4, 0.5) is 5.69 Å². The predicted molar refractivity (Wildman–Crippen MR) is 67.7 cm³/mol. The van der Waals surface area contributed by atoms with Crippen LogP contribution in [0.3, 0.4) is 0 Å². The van der Waals surface area contributed by atoms with Gasteiger partial charge in [-0.05, 0) is 30.5 Å². The lowest BCUT2D eigenvalue weighted by atomic mass is 9.66. The molecule has 0 radical (unpaired) electrons. The third-order valence-corrected chi connectivity index (χ3v) is 4.47. The van der Waals surface area contributed by atoms with Crippen LogP contribution < -0.4 is 4.90 Å². The average molecular weight is 280 g/mol. The lowest BCUT2D eigenvalue weighted by Gasteiger charge is -2.38. The molecule has 1 amide bonds. The number of hydrogen-bond donors (Lipinski definition) is 0. The van der Waals surface area contributed by atoms with Gasteiger partial charge in [-0.3, -0.25) is 4.79 Å². The van der Waals surface area contributed by atoms with Crippen molar-refractivity contribution in [2.24, 2.45) is 0 Å². The molecule has 1 aliphatic heterocycles. The average Bonchev–Trinajstić information content (AvgIpc) is 2.51. The summed E-state index contributed by atoms with van der Waals surface area (Å²) in [5.41, 5.74) is 2.76. The Labute approximate surface area is 104 Å². The molecule has 1 saturated carbocycles. The summed E-state index contributed by atoms with van der Waals surface area (Å²) < 4.78 is 1.05. The van der Waals surface area contributed by atoms with E-state index in [9.17, 15) is 4.79 Å². The van der Waals surface area contributed by atoms with Crippen LogP contribution in [0, 0.1) is 0 Å². The number of nitrogens with zero attached hydrogens (tertiary/aromatic N) is 1. The molecular weight excluding hydrogens is 266 g/mol. The molecule has 0 atom stereocenters. The molecular formula is C13H14BrNO. The lowest BCUT2D eigenvalue weighted by molar-refractivity contribution is -0.116. The molecule has 1 spiro atoms. The summed E-state index contributed by atoms with van der Waals surface area (Å²) in [5, 5.41) is 0. The van der Waals surface area contributed by atoms with E-state index in [0.717, 1.165) is 16.7 Å². The van der Waals surface area contributed by atoms with Gasteiger partial charge in [0.15, 0.2) is 0 Å². The fraction of sp³-hybridized carbons (Fsp3) is 0.462. The highest BCUT2D eigenvalue weighted by Gasteiger charge is 2.47. The number of benzene rings is 1. The molecule has 0 unspecified atom stereocenters. The Bertz CT molecular complexity index is 465. The van der Waals surface area contributed by atoms with Gasteiger partial charge < -0.3 is 4.90 Å². The topological polar surface area (TPSA) is 20.3 Å². The summed E-state index contributed by atoms with van der Waals surface area (Å²) in [7, 11) is 0. The monoisotopic (exact) mass is 279 g/mol. The van der Waals surface area contributed by atoms with Gasteiger partial charge in [-0.1, -0.05) is 28.4 Å². The van der Waals surface area contributed by atoms with E-state index in [1.54, 1.807) is 6.92 Å². The van der Waals surface area contributed by atoms with Crippen LogP contribution in [-0.4, -0.2) is 12.5 Å². The third kappa shape index (κ3) is 1.27. The Kier molecular flexibility index (Phi) is 2.15. The smallest absolute Gasteiger partial charge is 0.223 e. The highest BCUT2D eigenvalue weighted by Crippen LogP contribution is 2.52. The molecule has 1 aliphatic carbocycles. The van der Waals surface area contributed by atoms with Gasteiger partial charge >= 0.3 is 0 Å². The standard InChI is InChI=1S/C13H14BrNO/c1-9(16)15-8-13(5-2-6-13)11-4-3-10(14)7-12(11)15/h3-4,7H,2,5-6,8H2,1H3. The summed E-state index contributed by atoms with van der Waals surface area (Å²) in [6.07, 6.45) is 3.75. The van der Waals surface area contributed by atoms with Crippen LogP contribution in [-0.2, 0) is 10.2 Å². The number of halogens is 1. The van der Waals surface area contributed by atoms with Gasteiger partial charge in [-0.2, -0.15) is 0 Å². The number of rotatable bonds is 0. The Morgan fingerprint density at radius 3 is 2.75 bits per heavy atom. The van der Waals surface area contributed by atoms with Crippen LogP contribution >= 0.6 is 15.9 Å². The molecule has 0 aromatic heterocycles. The first-order valence-electron chi connectivity index (χ1n) is 5.71. The summed E-state index contributed by atoms with van der Waals surface area (Å²) in [4.78, 5) is 13.6. The fourth-order valence-electron chi connectivity index (χ4n) is 2.96. The number of anilines is 1. The zero-order chi connectivity index (χ0) is 11.3. The number of hydrogen-bond acceptors (Lipinski definition) is 1. The maximum Gasteiger partial charge on any atom is 0.223 e. The number of carbonyl (C=O) groups is 1. The van der Waals surface area contributed by atoms with Crippen molar-refractivity contribution in [2.75, 3.05) is 11.4 Å². The minimum Gasteiger partial charge on any atom is -0.311 e. The van der Waals surface area contributed by atoms with E-state index in [2.05, 4.69) is 34.1 Å². The second kappa shape index (κ2) is 3.33. The summed E-state index contributed by atoms with van der Waals surface area (Å²) in [6.45, 7) is 2.54. The first kappa shape index (κ1) is 10.3. The van der Waals surface area contributed by atoms with Crippen LogP contribution in [0.25, 0.3) is 0 Å². The Balaban J connectivity index is 2.13. The molecule has 3 heteroatoms. The molecule has 1 aromatic rings. The lowest BCUT2D eigenvalue weighted by Crippen LogP contribution is -2.40. The van der Waals surface area contributed by atoms with Crippen LogP contribution in [0.1, 0.15) is 31.7 Å². The molecule has 1 aromatic carbocycles. The molecule has 0 saturated heterocycles. The van der Waals surface area contributed by atoms with Crippen molar-refractivity contribution < 1.29 is 4.79 Å². The van der Waals surface area contributed by atoms with E-state index < -0.39 is 0 Å². The highest BCUT2D eigenvalue weighted by atomic mass is 79.9. The molecule has 0 bridgehead atoms. The van der Waals surface area contributed by atoms with Crippen molar-refractivity contribution in [3.05, 3.63) is 28.2 Å². The van der Waals surface area contributed by atoms with Gasteiger partial charge in [0.1, 0.15) is 0 Å². The zero-order valence-corrected chi connectivity index (χ0v) is 10.9. The molecule has 2 nitrogen and oxygen atoms in total. The van der Waals surface area contributed by atoms with Gasteiger partial charge in [0, 0.05) is 29.0 Å². The summed E-state index contributed by atoms with van der Waals surface area (Å²) >= 11 is 3.48. The normalized spacial score (nSPS) is 20.8. The second-order valence-electron chi connectivity index (χ2n) is 4.90. The van der Waals surface area contributed by atoms with Gasteiger partial charge in [-0.25, -0.2) is 0 Å². The van der Waals surface area contributed by atoms with Crippen molar-refractivity contribution in [3.8, 4) is 0 Å². The molecule has 3 rings (SSSR count). The Morgan fingerprint density at radius 2 is 2.19 bits per heavy atom. The fourth-order valence-corrected chi connectivity index (χ4v) is 3.31.